The average Bonchev–Trinajstić information content (AvgIpc) is 2.55. The van der Waals surface area contributed by atoms with Gasteiger partial charge in [0, 0.05) is 11.4 Å². The average molecular weight is 335 g/mol. The molecule has 2 rings (SSSR count). The van der Waals surface area contributed by atoms with E-state index in [-0.39, 0.29) is 5.82 Å². The standard InChI is InChI=1S/C20H24ClFO/c1-4-5-14(2)10-16-11-15(13-21)6-8-18(16)19-12-17(23-3)7-9-20(19)22/h6-9,11-12,14H,4-5,10,13H2,1-3H3. The van der Waals surface area contributed by atoms with Crippen molar-refractivity contribution in [3.8, 4) is 16.9 Å². The van der Waals surface area contributed by atoms with Crippen LogP contribution in [0, 0.1) is 11.7 Å². The summed E-state index contributed by atoms with van der Waals surface area (Å²) in [6.45, 7) is 4.43. The highest BCUT2D eigenvalue weighted by Crippen LogP contribution is 2.32. The van der Waals surface area contributed by atoms with E-state index in [1.54, 1.807) is 19.2 Å². The van der Waals surface area contributed by atoms with Gasteiger partial charge in [-0.1, -0.05) is 44.9 Å². The first-order valence-corrected chi connectivity index (χ1v) is 8.64. The molecule has 0 N–H and O–H groups in total. The largest absolute Gasteiger partial charge is 0.497 e. The molecular formula is C20H24ClFO. The van der Waals surface area contributed by atoms with Crippen molar-refractivity contribution >= 4 is 11.6 Å². The minimum absolute atomic E-state index is 0.228. The van der Waals surface area contributed by atoms with Crippen molar-refractivity contribution in [2.24, 2.45) is 5.92 Å². The van der Waals surface area contributed by atoms with Crippen LogP contribution in [0.1, 0.15) is 37.8 Å². The Hall–Kier alpha value is -1.54. The third-order valence-electron chi connectivity index (χ3n) is 4.14. The van der Waals surface area contributed by atoms with Crippen LogP contribution in [0.4, 0.5) is 4.39 Å². The van der Waals surface area contributed by atoms with E-state index >= 15 is 0 Å². The molecule has 2 aromatic carbocycles. The molecule has 2 aromatic rings. The van der Waals surface area contributed by atoms with Crippen molar-refractivity contribution in [1.29, 1.82) is 0 Å². The maximum Gasteiger partial charge on any atom is 0.131 e. The number of hydrogen-bond donors (Lipinski definition) is 0. The Bertz CT molecular complexity index is 654. The van der Waals surface area contributed by atoms with Crippen molar-refractivity contribution < 1.29 is 9.13 Å². The van der Waals surface area contributed by atoms with E-state index in [9.17, 15) is 4.39 Å². The quantitative estimate of drug-likeness (QED) is 0.546. The molecule has 1 nitrogen and oxygen atoms in total. The van der Waals surface area contributed by atoms with Gasteiger partial charge >= 0.3 is 0 Å². The number of rotatable bonds is 7. The van der Waals surface area contributed by atoms with E-state index in [1.807, 2.05) is 12.1 Å². The number of ether oxygens (including phenoxy) is 1. The van der Waals surface area contributed by atoms with Crippen LogP contribution in [0.5, 0.6) is 5.75 Å². The Kier molecular flexibility index (Phi) is 6.47. The van der Waals surface area contributed by atoms with Crippen molar-refractivity contribution in [3.63, 3.8) is 0 Å². The SMILES string of the molecule is CCCC(C)Cc1cc(CCl)ccc1-c1cc(OC)ccc1F. The van der Waals surface area contributed by atoms with E-state index in [2.05, 4.69) is 19.9 Å². The molecule has 0 aromatic heterocycles. The Morgan fingerprint density at radius 1 is 1.13 bits per heavy atom. The summed E-state index contributed by atoms with van der Waals surface area (Å²) < 4.78 is 19.6. The number of hydrogen-bond acceptors (Lipinski definition) is 1. The fourth-order valence-electron chi connectivity index (χ4n) is 2.97. The van der Waals surface area contributed by atoms with Gasteiger partial charge in [0.05, 0.1) is 7.11 Å². The summed E-state index contributed by atoms with van der Waals surface area (Å²) in [5, 5.41) is 0. The smallest absolute Gasteiger partial charge is 0.131 e. The summed E-state index contributed by atoms with van der Waals surface area (Å²) in [5.41, 5.74) is 3.73. The van der Waals surface area contributed by atoms with Crippen molar-refractivity contribution in [2.75, 3.05) is 7.11 Å². The molecular weight excluding hydrogens is 311 g/mol. The highest BCUT2D eigenvalue weighted by molar-refractivity contribution is 6.17. The number of halogens is 2. The molecule has 0 aliphatic heterocycles. The normalized spacial score (nSPS) is 12.2. The second-order valence-electron chi connectivity index (χ2n) is 6.07. The van der Waals surface area contributed by atoms with E-state index in [1.165, 1.54) is 6.07 Å². The van der Waals surface area contributed by atoms with Gasteiger partial charge in [0.2, 0.25) is 0 Å². The Balaban J connectivity index is 2.48. The van der Waals surface area contributed by atoms with Crippen LogP contribution in [0.3, 0.4) is 0 Å². The molecule has 0 saturated heterocycles. The molecule has 0 amide bonds. The Labute approximate surface area is 143 Å². The predicted molar refractivity (Wildman–Crippen MR) is 95.7 cm³/mol. The van der Waals surface area contributed by atoms with Crippen molar-refractivity contribution in [3.05, 3.63) is 53.3 Å². The first-order valence-electron chi connectivity index (χ1n) is 8.10. The van der Waals surface area contributed by atoms with Crippen molar-refractivity contribution in [1.82, 2.24) is 0 Å². The predicted octanol–water partition coefficient (Wildman–Crippen LogP) is 6.22. The van der Waals surface area contributed by atoms with Gasteiger partial charge < -0.3 is 4.74 Å². The topological polar surface area (TPSA) is 9.23 Å². The summed E-state index contributed by atoms with van der Waals surface area (Å²) in [6.07, 6.45) is 3.23. The van der Waals surface area contributed by atoms with Gasteiger partial charge in [-0.15, -0.1) is 11.6 Å². The molecule has 124 valence electrons. The Morgan fingerprint density at radius 2 is 1.91 bits per heavy atom. The minimum Gasteiger partial charge on any atom is -0.497 e. The molecule has 0 aliphatic rings. The fourth-order valence-corrected chi connectivity index (χ4v) is 3.14. The van der Waals surface area contributed by atoms with Gasteiger partial charge in [-0.3, -0.25) is 0 Å². The summed E-state index contributed by atoms with van der Waals surface area (Å²) >= 11 is 5.98. The maximum absolute atomic E-state index is 14.4. The lowest BCUT2D eigenvalue weighted by atomic mass is 9.89. The zero-order valence-electron chi connectivity index (χ0n) is 14.0. The third kappa shape index (κ3) is 4.48. The molecule has 0 heterocycles. The first kappa shape index (κ1) is 17.8. The van der Waals surface area contributed by atoms with Gasteiger partial charge in [-0.25, -0.2) is 4.39 Å². The van der Waals surface area contributed by atoms with Crippen LogP contribution in [0.15, 0.2) is 36.4 Å². The lowest BCUT2D eigenvalue weighted by molar-refractivity contribution is 0.414. The molecule has 23 heavy (non-hydrogen) atoms. The molecule has 0 bridgehead atoms. The van der Waals surface area contributed by atoms with Crippen LogP contribution in [-0.4, -0.2) is 7.11 Å². The van der Waals surface area contributed by atoms with E-state index in [0.29, 0.717) is 23.1 Å². The van der Waals surface area contributed by atoms with E-state index in [4.69, 9.17) is 16.3 Å². The zero-order valence-corrected chi connectivity index (χ0v) is 14.8. The minimum atomic E-state index is -0.228. The lowest BCUT2D eigenvalue weighted by Gasteiger charge is -2.16. The van der Waals surface area contributed by atoms with Crippen LogP contribution < -0.4 is 4.74 Å². The van der Waals surface area contributed by atoms with Crippen molar-refractivity contribution in [2.45, 2.75) is 39.0 Å². The lowest BCUT2D eigenvalue weighted by Crippen LogP contribution is -2.02. The van der Waals surface area contributed by atoms with Gasteiger partial charge in [0.15, 0.2) is 0 Å². The van der Waals surface area contributed by atoms with Crippen LogP contribution >= 0.6 is 11.6 Å². The molecule has 0 fully saturated rings. The molecule has 1 unspecified atom stereocenters. The monoisotopic (exact) mass is 334 g/mol. The Morgan fingerprint density at radius 3 is 2.57 bits per heavy atom. The van der Waals surface area contributed by atoms with Crippen LogP contribution in [0.2, 0.25) is 0 Å². The second-order valence-corrected chi connectivity index (χ2v) is 6.34. The van der Waals surface area contributed by atoms with E-state index in [0.717, 1.165) is 36.0 Å². The highest BCUT2D eigenvalue weighted by atomic mass is 35.5. The maximum atomic E-state index is 14.4. The van der Waals surface area contributed by atoms with E-state index < -0.39 is 0 Å². The molecule has 0 spiro atoms. The molecule has 0 saturated carbocycles. The number of benzene rings is 2. The second kappa shape index (κ2) is 8.35. The number of methoxy groups -OCH3 is 1. The summed E-state index contributed by atoms with van der Waals surface area (Å²) in [4.78, 5) is 0. The molecule has 1 atom stereocenters. The molecule has 0 aliphatic carbocycles. The van der Waals surface area contributed by atoms with Crippen LogP contribution in [0.25, 0.3) is 11.1 Å². The van der Waals surface area contributed by atoms with Gasteiger partial charge in [-0.2, -0.15) is 0 Å². The summed E-state index contributed by atoms with van der Waals surface area (Å²) in [7, 11) is 1.60. The van der Waals surface area contributed by atoms with Gasteiger partial charge in [0.25, 0.3) is 0 Å². The summed E-state index contributed by atoms with van der Waals surface area (Å²) in [5.74, 6) is 1.46. The highest BCUT2D eigenvalue weighted by Gasteiger charge is 2.14. The first-order chi connectivity index (χ1) is 11.1. The fraction of sp³-hybridized carbons (Fsp3) is 0.400. The molecule has 3 heteroatoms. The number of alkyl halides is 1. The van der Waals surface area contributed by atoms with Crippen LogP contribution in [-0.2, 0) is 12.3 Å². The summed E-state index contributed by atoms with van der Waals surface area (Å²) in [6, 6.07) is 10.9. The zero-order chi connectivity index (χ0) is 16.8. The third-order valence-corrected chi connectivity index (χ3v) is 4.45. The van der Waals surface area contributed by atoms with Gasteiger partial charge in [-0.05, 0) is 47.2 Å². The van der Waals surface area contributed by atoms with Gasteiger partial charge in [0.1, 0.15) is 11.6 Å². The molecule has 0 radical (unpaired) electrons.